The summed E-state index contributed by atoms with van der Waals surface area (Å²) in [5, 5.41) is 40.2. The van der Waals surface area contributed by atoms with E-state index in [0.29, 0.717) is 19.0 Å². The number of rotatable bonds is 9. The number of aliphatic hydroxyl groups is 1. The second kappa shape index (κ2) is 19.2. The summed E-state index contributed by atoms with van der Waals surface area (Å²) in [6.45, 7) is 3.21. The molecule has 4 heterocycles. The zero-order chi connectivity index (χ0) is 41.6. The third kappa shape index (κ3) is 8.15. The van der Waals surface area contributed by atoms with Crippen LogP contribution in [-0.2, 0) is 20.8 Å². The van der Waals surface area contributed by atoms with Gasteiger partial charge in [-0.3, -0.25) is 9.13 Å². The first kappa shape index (κ1) is 41.9. The van der Waals surface area contributed by atoms with E-state index in [1.807, 2.05) is 66.0 Å². The van der Waals surface area contributed by atoms with Crippen LogP contribution in [0.3, 0.4) is 0 Å². The summed E-state index contributed by atoms with van der Waals surface area (Å²) in [4.78, 5) is 0. The number of nitrogens with zero attached hydrogens (tertiary/aromatic N) is 2. The van der Waals surface area contributed by atoms with Gasteiger partial charge < -0.3 is 20.1 Å². The van der Waals surface area contributed by atoms with Crippen molar-refractivity contribution in [2.45, 2.75) is 19.8 Å². The number of aromatic hydroxyl groups is 3. The number of hydrogen-bond acceptors (Lipinski definition) is 4. The van der Waals surface area contributed by atoms with Crippen molar-refractivity contribution in [2.24, 2.45) is 0 Å². The van der Waals surface area contributed by atoms with Crippen molar-refractivity contribution in [1.82, 2.24) is 9.13 Å². The van der Waals surface area contributed by atoms with E-state index in [-0.39, 0.29) is 5.75 Å². The van der Waals surface area contributed by atoms with E-state index in [2.05, 4.69) is 106 Å². The van der Waals surface area contributed by atoms with Gasteiger partial charge in [0.2, 0.25) is 0 Å². The van der Waals surface area contributed by atoms with Gasteiger partial charge >= 0.3 is 37.9 Å². The first-order chi connectivity index (χ1) is 29.5. The van der Waals surface area contributed by atoms with Crippen LogP contribution in [0.25, 0.3) is 75.9 Å². The molecule has 0 atom stereocenters. The molecule has 4 aromatic heterocycles. The van der Waals surface area contributed by atoms with E-state index < -0.39 is 20.8 Å². The molecular weight excluding hydrogens is 907 g/mol. The summed E-state index contributed by atoms with van der Waals surface area (Å²) >= 11 is 2.30. The summed E-state index contributed by atoms with van der Waals surface area (Å²) in [5.74, 6) is 1.51. The van der Waals surface area contributed by atoms with Crippen LogP contribution in [0, 0.1) is 6.92 Å². The minimum atomic E-state index is -0.826. The van der Waals surface area contributed by atoms with E-state index in [1.165, 1.54) is 21.5 Å². The number of hydrogen-bond donors (Lipinski definition) is 2. The molecule has 0 aliphatic carbocycles. The molecule has 0 aliphatic rings. The van der Waals surface area contributed by atoms with Gasteiger partial charge in [-0.05, 0) is 48.4 Å². The molecule has 10 aromatic rings. The Kier molecular flexibility index (Phi) is 13.4. The van der Waals surface area contributed by atoms with Crippen LogP contribution in [0.5, 0.6) is 17.2 Å². The quantitative estimate of drug-likeness (QED) is 0.112. The Morgan fingerprint density at radius 2 is 0.917 bits per heavy atom. The van der Waals surface area contributed by atoms with Crippen LogP contribution in [0.1, 0.15) is 18.4 Å². The van der Waals surface area contributed by atoms with Gasteiger partial charge in [0.05, 0.1) is 27.6 Å². The van der Waals surface area contributed by atoms with Gasteiger partial charge in [0.25, 0.3) is 5.75 Å². The number of aromatic nitrogens is 2. The van der Waals surface area contributed by atoms with Gasteiger partial charge in [-0.25, -0.2) is 0 Å². The van der Waals surface area contributed by atoms with Gasteiger partial charge in [0.15, 0.2) is 18.1 Å². The number of para-hydroxylation sites is 5. The topological polar surface area (TPSA) is 86.0 Å². The summed E-state index contributed by atoms with van der Waals surface area (Å²) < 4.78 is 9.06. The Balaban J connectivity index is 0.000000158. The van der Waals surface area contributed by atoms with Crippen molar-refractivity contribution in [1.29, 1.82) is 0 Å². The Morgan fingerprint density at radius 1 is 0.533 bits per heavy atom. The summed E-state index contributed by atoms with van der Waals surface area (Å²) in [7, 11) is 9.87. The normalized spacial score (nSPS) is 11.1. The molecule has 0 radical (unpaired) electrons. The fourth-order valence-corrected chi connectivity index (χ4v) is 9.80. The van der Waals surface area contributed by atoms with Gasteiger partial charge in [-0.2, -0.15) is 0 Å². The monoisotopic (exact) mass is 946 g/mol. The molecule has 5 N–H and O–H groups in total. The molecule has 6 nitrogen and oxygen atoms in total. The van der Waals surface area contributed by atoms with Crippen molar-refractivity contribution in [3.63, 3.8) is 0 Å². The van der Waals surface area contributed by atoms with Crippen LogP contribution in [-0.4, -0.2) is 42.4 Å². The van der Waals surface area contributed by atoms with E-state index in [4.69, 9.17) is 26.9 Å². The SMILES string of the molecule is Cc1ccccc1-c1csc(-n2c3ccccc3c3ccccc32)c1O.Oc1c(-c2ccccc2[OH+]CCCC[OH2+])csc1-n1c2ccccc2c2ccccc21.[Cl][Zr][Cl]. The number of fused-ring (bicyclic) bond motifs is 6. The second-order valence-electron chi connectivity index (χ2n) is 14.1. The molecule has 10 rings (SSSR count). The summed E-state index contributed by atoms with van der Waals surface area (Å²) in [6, 6.07) is 49.5. The van der Waals surface area contributed by atoms with E-state index >= 15 is 0 Å². The van der Waals surface area contributed by atoms with Crippen LogP contribution in [0.4, 0.5) is 0 Å². The average molecular weight is 949 g/mol. The first-order valence-corrected chi connectivity index (χ1v) is 27.6. The number of thiophene rings is 2. The van der Waals surface area contributed by atoms with Crippen LogP contribution in [0.15, 0.2) is 156 Å². The number of benzene rings is 6. The van der Waals surface area contributed by atoms with Gasteiger partial charge in [-0.15, -0.1) is 22.7 Å². The standard InChI is InChI=1S/C26H23NO3S.C23H17NOS.2ClH.Zr/c28-15-7-8-16-30-24-14-6-3-11-20(24)21-17-31-26(25(21)29)27-22-12-4-1-9-18(22)19-10-2-5-13-23(19)27;1-15-8-2-3-9-16(15)19-14-26-23(22(19)25)24-20-12-6-4-10-17(20)18-11-5-7-13-21(18)24;;;/h1-6,9-14,17,28-29H,7-8,15-16H2;2-14,25H,1H3;2*1H;/q;;;;+2. The Morgan fingerprint density at radius 3 is 1.37 bits per heavy atom. The summed E-state index contributed by atoms with van der Waals surface area (Å²) in [6.07, 6.45) is 1.76. The number of unbranched alkanes of at least 4 members (excludes halogenated alkanes) is 1. The zero-order valence-corrected chi connectivity index (χ0v) is 38.3. The van der Waals surface area contributed by atoms with Crippen LogP contribution >= 0.6 is 39.7 Å². The molecule has 0 amide bonds. The molecular formula is C49H42Cl2N2O4S2Zr+2. The number of aryl methyl sites for hydroxylation is 1. The average Bonchev–Trinajstić information content (AvgIpc) is 4.03. The molecule has 0 spiro atoms. The second-order valence-corrected chi connectivity index (χ2v) is 19.5. The predicted octanol–water partition coefficient (Wildman–Crippen LogP) is 13.9. The molecule has 0 bridgehead atoms. The molecule has 300 valence electrons. The third-order valence-corrected chi connectivity index (χ3v) is 12.5. The maximum absolute atomic E-state index is 11.3. The maximum atomic E-state index is 11.3. The molecule has 0 fully saturated rings. The molecule has 0 saturated heterocycles. The number of halogens is 2. The van der Waals surface area contributed by atoms with Crippen molar-refractivity contribution in [3.05, 3.63) is 162 Å². The van der Waals surface area contributed by atoms with Gasteiger partial charge in [-0.1, -0.05) is 109 Å². The molecule has 11 heteroatoms. The van der Waals surface area contributed by atoms with Crippen molar-refractivity contribution in [3.8, 4) is 49.5 Å². The Labute approximate surface area is 374 Å². The first-order valence-electron chi connectivity index (χ1n) is 19.5. The number of ether oxygens (including phenoxy) is 1. The molecule has 0 aliphatic heterocycles. The fourth-order valence-electron chi connectivity index (χ4n) is 7.82. The molecule has 0 saturated carbocycles. The Hall–Kier alpha value is -4.86. The molecule has 60 heavy (non-hydrogen) atoms. The Bertz CT molecular complexity index is 2950. The van der Waals surface area contributed by atoms with E-state index in [1.54, 1.807) is 22.7 Å². The molecule has 6 aromatic carbocycles. The minimum absolute atomic E-state index is 0.283. The summed E-state index contributed by atoms with van der Waals surface area (Å²) in [5.41, 5.74) is 9.27. The third-order valence-electron chi connectivity index (χ3n) is 10.6. The van der Waals surface area contributed by atoms with Gasteiger partial charge in [0, 0.05) is 62.3 Å². The fraction of sp³-hybridized carbons (Fsp3) is 0.102. The van der Waals surface area contributed by atoms with Crippen molar-refractivity contribution >= 4 is 83.3 Å². The van der Waals surface area contributed by atoms with Crippen LogP contribution < -0.4 is 0 Å². The zero-order valence-electron chi connectivity index (χ0n) is 32.6. The van der Waals surface area contributed by atoms with Gasteiger partial charge in [0.1, 0.15) is 16.6 Å². The van der Waals surface area contributed by atoms with Crippen molar-refractivity contribution < 1.29 is 40.9 Å². The predicted molar refractivity (Wildman–Crippen MR) is 252 cm³/mol. The van der Waals surface area contributed by atoms with E-state index in [9.17, 15) is 10.2 Å². The van der Waals surface area contributed by atoms with Crippen molar-refractivity contribution in [2.75, 3.05) is 13.2 Å². The molecule has 0 unspecified atom stereocenters. The van der Waals surface area contributed by atoms with E-state index in [0.717, 1.165) is 78.5 Å². The van der Waals surface area contributed by atoms with Crippen LogP contribution in [0.2, 0.25) is 0 Å².